The molecule has 0 bridgehead atoms. The van der Waals surface area contributed by atoms with Gasteiger partial charge in [-0.3, -0.25) is 0 Å². The highest BCUT2D eigenvalue weighted by Gasteiger charge is 2.46. The Bertz CT molecular complexity index is 1260. The second-order valence-electron chi connectivity index (χ2n) is 10.4. The molecule has 182 valence electrons. The Morgan fingerprint density at radius 2 is 1.86 bits per heavy atom. The minimum atomic E-state index is -0.404. The third-order valence-corrected chi connectivity index (χ3v) is 8.21. The molecule has 0 spiro atoms. The Morgan fingerprint density at radius 3 is 2.46 bits per heavy atom. The average molecular weight is 489 g/mol. The van der Waals surface area contributed by atoms with Crippen LogP contribution in [0.15, 0.2) is 40.9 Å². The summed E-state index contributed by atoms with van der Waals surface area (Å²) in [5.41, 5.74) is 13.2. The van der Waals surface area contributed by atoms with Gasteiger partial charge in [0.25, 0.3) is 0 Å². The molecule has 2 saturated carbocycles. The first-order chi connectivity index (χ1) is 16.8. The summed E-state index contributed by atoms with van der Waals surface area (Å²) >= 11 is 6.80. The van der Waals surface area contributed by atoms with E-state index in [0.29, 0.717) is 17.0 Å². The van der Waals surface area contributed by atoms with Gasteiger partial charge in [0.1, 0.15) is 5.76 Å². The van der Waals surface area contributed by atoms with E-state index in [1.54, 1.807) is 0 Å². The van der Waals surface area contributed by atoms with Crippen LogP contribution in [0.1, 0.15) is 61.1 Å². The molecule has 5 rings (SSSR count). The van der Waals surface area contributed by atoms with Crippen molar-refractivity contribution >= 4 is 23.0 Å². The molecule has 6 heteroatoms. The van der Waals surface area contributed by atoms with Gasteiger partial charge in [0, 0.05) is 34.5 Å². The zero-order valence-electron chi connectivity index (χ0n) is 20.8. The first kappa shape index (κ1) is 23.9. The number of nitrogens with zero attached hydrogens (tertiary/aromatic N) is 3. The molecular formula is C29H33ClN4O. The lowest BCUT2D eigenvalue weighted by molar-refractivity contribution is 0.332. The maximum Gasteiger partial charge on any atom is 0.141 e. The zero-order chi connectivity index (χ0) is 24.7. The number of anilines is 2. The molecule has 1 aromatic heterocycles. The highest BCUT2D eigenvalue weighted by molar-refractivity contribution is 6.32. The van der Waals surface area contributed by atoms with Crippen molar-refractivity contribution in [1.82, 2.24) is 5.16 Å². The molecule has 2 aliphatic carbocycles. The van der Waals surface area contributed by atoms with Gasteiger partial charge < -0.3 is 15.2 Å². The third-order valence-electron chi connectivity index (χ3n) is 7.90. The van der Waals surface area contributed by atoms with Crippen molar-refractivity contribution in [3.05, 3.63) is 64.0 Å². The summed E-state index contributed by atoms with van der Waals surface area (Å²) in [5, 5.41) is 14.5. The van der Waals surface area contributed by atoms with Crippen LogP contribution in [0.2, 0.25) is 5.02 Å². The molecule has 0 amide bonds. The number of nitriles is 1. The van der Waals surface area contributed by atoms with Crippen LogP contribution in [0.5, 0.6) is 0 Å². The lowest BCUT2D eigenvalue weighted by Gasteiger charge is -2.34. The summed E-state index contributed by atoms with van der Waals surface area (Å²) in [6.07, 6.45) is 6.16. The summed E-state index contributed by atoms with van der Waals surface area (Å²) in [7, 11) is 0. The van der Waals surface area contributed by atoms with E-state index in [0.717, 1.165) is 84.6 Å². The van der Waals surface area contributed by atoms with E-state index in [-0.39, 0.29) is 0 Å². The number of nitrogens with two attached hydrogens (primary N) is 1. The molecule has 0 aliphatic heterocycles. The number of hydrogen-bond acceptors (Lipinski definition) is 5. The SMILES string of the molecule is Cc1ccc(-c2c(C)noc2C)cc1N(C[C@H]1CC[C@H](N)CC1)c1ccc(C2(C#N)CC2)c(Cl)c1. The van der Waals surface area contributed by atoms with Crippen LogP contribution in [-0.2, 0) is 5.41 Å². The van der Waals surface area contributed by atoms with Crippen molar-refractivity contribution in [2.45, 2.75) is 70.8 Å². The van der Waals surface area contributed by atoms with Crippen LogP contribution in [0.4, 0.5) is 11.4 Å². The summed E-state index contributed by atoms with van der Waals surface area (Å²) in [5.74, 6) is 1.38. The molecular weight excluding hydrogens is 456 g/mol. The molecule has 0 unspecified atom stereocenters. The second kappa shape index (κ2) is 9.33. The molecule has 35 heavy (non-hydrogen) atoms. The topological polar surface area (TPSA) is 79.1 Å². The van der Waals surface area contributed by atoms with Gasteiger partial charge in [-0.25, -0.2) is 0 Å². The van der Waals surface area contributed by atoms with E-state index in [1.807, 2.05) is 19.9 Å². The maximum atomic E-state index is 9.69. The van der Waals surface area contributed by atoms with E-state index in [1.165, 1.54) is 5.56 Å². The molecule has 2 aliphatic rings. The van der Waals surface area contributed by atoms with Gasteiger partial charge in [-0.15, -0.1) is 0 Å². The Balaban J connectivity index is 1.56. The summed E-state index contributed by atoms with van der Waals surface area (Å²) in [6.45, 7) is 6.99. The molecule has 2 aromatic carbocycles. The van der Waals surface area contributed by atoms with Crippen molar-refractivity contribution in [2.75, 3.05) is 11.4 Å². The lowest BCUT2D eigenvalue weighted by atomic mass is 9.85. The molecule has 2 N–H and O–H groups in total. The first-order valence-electron chi connectivity index (χ1n) is 12.6. The van der Waals surface area contributed by atoms with E-state index < -0.39 is 5.41 Å². The van der Waals surface area contributed by atoms with Gasteiger partial charge in [0.05, 0.1) is 17.2 Å². The van der Waals surface area contributed by atoms with Gasteiger partial charge in [0.2, 0.25) is 0 Å². The molecule has 3 aromatic rings. The highest BCUT2D eigenvalue weighted by Crippen LogP contribution is 2.50. The predicted molar refractivity (Wildman–Crippen MR) is 141 cm³/mol. The van der Waals surface area contributed by atoms with Gasteiger partial charge >= 0.3 is 0 Å². The predicted octanol–water partition coefficient (Wildman–Crippen LogP) is 7.13. The summed E-state index contributed by atoms with van der Waals surface area (Å²) in [6, 6.07) is 15.6. The van der Waals surface area contributed by atoms with Gasteiger partial charge in [-0.05, 0) is 100 Å². The Morgan fingerprint density at radius 1 is 1.11 bits per heavy atom. The molecule has 0 saturated heterocycles. The number of aromatic nitrogens is 1. The molecule has 1 heterocycles. The molecule has 2 fully saturated rings. The standard InChI is InChI=1S/C29H33ClN4O/c1-18-4-7-22(28-19(2)33-35-20(28)3)14-27(18)34(16-21-5-8-23(32)9-6-21)24-10-11-25(26(30)15-24)29(17-31)12-13-29/h4,7,10-11,14-15,21,23H,5-6,8-9,12-13,16,32H2,1-3H3/t21-,23-. The molecule has 5 nitrogen and oxygen atoms in total. The smallest absolute Gasteiger partial charge is 0.141 e. The minimum Gasteiger partial charge on any atom is -0.361 e. The van der Waals surface area contributed by atoms with Crippen molar-refractivity contribution in [3.8, 4) is 17.2 Å². The quantitative estimate of drug-likeness (QED) is 0.399. The lowest BCUT2D eigenvalue weighted by Crippen LogP contribution is -2.32. The van der Waals surface area contributed by atoms with Crippen LogP contribution in [0.25, 0.3) is 11.1 Å². The fraction of sp³-hybridized carbons (Fsp3) is 0.448. The van der Waals surface area contributed by atoms with Crippen LogP contribution in [0.3, 0.4) is 0 Å². The van der Waals surface area contributed by atoms with E-state index in [9.17, 15) is 5.26 Å². The highest BCUT2D eigenvalue weighted by atomic mass is 35.5. The Hall–Kier alpha value is -2.81. The van der Waals surface area contributed by atoms with Crippen LogP contribution in [0, 0.1) is 38.0 Å². The Labute approximate surface area is 212 Å². The van der Waals surface area contributed by atoms with Crippen molar-refractivity contribution in [2.24, 2.45) is 11.7 Å². The van der Waals surface area contributed by atoms with Crippen molar-refractivity contribution < 1.29 is 4.52 Å². The summed E-state index contributed by atoms with van der Waals surface area (Å²) < 4.78 is 5.45. The number of hydrogen-bond donors (Lipinski definition) is 1. The largest absolute Gasteiger partial charge is 0.361 e. The maximum absolute atomic E-state index is 9.69. The number of aryl methyl sites for hydroxylation is 3. The Kier molecular flexibility index (Phi) is 6.38. The van der Waals surface area contributed by atoms with Gasteiger partial charge in [0.15, 0.2) is 0 Å². The second-order valence-corrected chi connectivity index (χ2v) is 10.9. The van der Waals surface area contributed by atoms with Crippen LogP contribution in [-0.4, -0.2) is 17.7 Å². The average Bonchev–Trinajstić information content (AvgIpc) is 3.57. The normalized spacial score (nSPS) is 20.9. The van der Waals surface area contributed by atoms with E-state index in [2.05, 4.69) is 53.4 Å². The minimum absolute atomic E-state index is 0.318. The van der Waals surface area contributed by atoms with E-state index >= 15 is 0 Å². The molecule has 0 radical (unpaired) electrons. The first-order valence-corrected chi connectivity index (χ1v) is 13.0. The fourth-order valence-corrected chi connectivity index (χ4v) is 5.90. The number of halogens is 1. The summed E-state index contributed by atoms with van der Waals surface area (Å²) in [4.78, 5) is 2.40. The van der Waals surface area contributed by atoms with E-state index in [4.69, 9.17) is 21.9 Å². The fourth-order valence-electron chi connectivity index (χ4n) is 5.55. The van der Waals surface area contributed by atoms with Crippen molar-refractivity contribution in [1.29, 1.82) is 5.26 Å². The number of rotatable bonds is 6. The third kappa shape index (κ3) is 4.58. The molecule has 0 atom stereocenters. The zero-order valence-corrected chi connectivity index (χ0v) is 21.5. The van der Waals surface area contributed by atoms with Gasteiger partial charge in [-0.2, -0.15) is 5.26 Å². The van der Waals surface area contributed by atoms with Crippen LogP contribution >= 0.6 is 11.6 Å². The monoisotopic (exact) mass is 488 g/mol. The van der Waals surface area contributed by atoms with Crippen LogP contribution < -0.4 is 10.6 Å². The van der Waals surface area contributed by atoms with Crippen molar-refractivity contribution in [3.63, 3.8) is 0 Å². The van der Waals surface area contributed by atoms with Gasteiger partial charge in [-0.1, -0.05) is 35.0 Å². The number of benzene rings is 2.